The highest BCUT2D eigenvalue weighted by molar-refractivity contribution is 5.79. The zero-order chi connectivity index (χ0) is 14.1. The number of amides is 1. The normalized spacial score (nSPS) is 10.0. The van der Waals surface area contributed by atoms with Gasteiger partial charge in [0.15, 0.2) is 0 Å². The summed E-state index contributed by atoms with van der Waals surface area (Å²) in [7, 11) is 0. The number of nitrogens with two attached hydrogens (primary N) is 1. The minimum Gasteiger partial charge on any atom is -0.466 e. The topological polar surface area (TPSA) is 81.4 Å². The number of benzene rings is 1. The van der Waals surface area contributed by atoms with Gasteiger partial charge in [-0.2, -0.15) is 0 Å². The van der Waals surface area contributed by atoms with Crippen LogP contribution >= 0.6 is 0 Å². The van der Waals surface area contributed by atoms with Crippen LogP contribution < -0.4 is 11.1 Å². The van der Waals surface area contributed by atoms with E-state index in [0.29, 0.717) is 19.7 Å². The van der Waals surface area contributed by atoms with Gasteiger partial charge in [0.25, 0.3) is 0 Å². The van der Waals surface area contributed by atoms with Crippen LogP contribution in [-0.4, -0.2) is 25.0 Å². The van der Waals surface area contributed by atoms with Gasteiger partial charge in [0.05, 0.1) is 19.4 Å². The number of hydrogen-bond donors (Lipinski definition) is 2. The molecule has 1 amide bonds. The van der Waals surface area contributed by atoms with Gasteiger partial charge in [-0.15, -0.1) is 0 Å². The quantitative estimate of drug-likeness (QED) is 0.712. The summed E-state index contributed by atoms with van der Waals surface area (Å²) in [5, 5.41) is 2.69. The highest BCUT2D eigenvalue weighted by atomic mass is 16.5. The van der Waals surface area contributed by atoms with Crippen LogP contribution in [0.3, 0.4) is 0 Å². The molecular formula is C14H20N2O3. The number of esters is 1. The molecule has 5 nitrogen and oxygen atoms in total. The first-order chi connectivity index (χ1) is 9.17. The van der Waals surface area contributed by atoms with Crippen LogP contribution in [0.4, 0.5) is 0 Å². The SMILES string of the molecule is CCOC(=O)CCNC(=O)Cc1ccccc1CN. The lowest BCUT2D eigenvalue weighted by Crippen LogP contribution is -2.28. The van der Waals surface area contributed by atoms with Crippen molar-refractivity contribution in [3.05, 3.63) is 35.4 Å². The van der Waals surface area contributed by atoms with Crippen molar-refractivity contribution in [2.75, 3.05) is 13.2 Å². The van der Waals surface area contributed by atoms with E-state index in [1.807, 2.05) is 24.3 Å². The first-order valence-electron chi connectivity index (χ1n) is 6.36. The Bertz CT molecular complexity index is 432. The molecule has 0 aliphatic carbocycles. The monoisotopic (exact) mass is 264 g/mol. The standard InChI is InChI=1S/C14H20N2O3/c1-2-19-14(18)7-8-16-13(17)9-11-5-3-4-6-12(11)10-15/h3-6H,2,7-10,15H2,1H3,(H,16,17). The van der Waals surface area contributed by atoms with E-state index in [9.17, 15) is 9.59 Å². The second kappa shape index (κ2) is 8.26. The molecule has 0 heterocycles. The highest BCUT2D eigenvalue weighted by Gasteiger charge is 2.07. The highest BCUT2D eigenvalue weighted by Crippen LogP contribution is 2.08. The molecule has 0 aliphatic rings. The molecule has 0 fully saturated rings. The molecule has 0 unspecified atom stereocenters. The molecule has 1 rings (SSSR count). The number of rotatable bonds is 7. The van der Waals surface area contributed by atoms with Crippen molar-refractivity contribution in [2.45, 2.75) is 26.3 Å². The third kappa shape index (κ3) is 5.52. The fraction of sp³-hybridized carbons (Fsp3) is 0.429. The molecule has 0 saturated carbocycles. The van der Waals surface area contributed by atoms with E-state index < -0.39 is 0 Å². The van der Waals surface area contributed by atoms with Gasteiger partial charge in [-0.1, -0.05) is 24.3 Å². The number of carbonyl (C=O) groups excluding carboxylic acids is 2. The second-order valence-electron chi connectivity index (χ2n) is 4.05. The third-order valence-electron chi connectivity index (χ3n) is 2.65. The van der Waals surface area contributed by atoms with E-state index in [-0.39, 0.29) is 24.7 Å². The Labute approximate surface area is 113 Å². The molecule has 0 bridgehead atoms. The van der Waals surface area contributed by atoms with Gasteiger partial charge in [0.2, 0.25) is 5.91 Å². The minimum atomic E-state index is -0.301. The van der Waals surface area contributed by atoms with Crippen molar-refractivity contribution in [3.8, 4) is 0 Å². The molecule has 5 heteroatoms. The van der Waals surface area contributed by atoms with E-state index in [1.54, 1.807) is 6.92 Å². The average molecular weight is 264 g/mol. The molecule has 0 saturated heterocycles. The summed E-state index contributed by atoms with van der Waals surface area (Å²) in [4.78, 5) is 22.8. The van der Waals surface area contributed by atoms with Crippen molar-refractivity contribution < 1.29 is 14.3 Å². The van der Waals surface area contributed by atoms with Crippen molar-refractivity contribution in [2.24, 2.45) is 5.73 Å². The summed E-state index contributed by atoms with van der Waals surface area (Å²) in [6.07, 6.45) is 0.467. The maximum absolute atomic E-state index is 11.7. The lowest BCUT2D eigenvalue weighted by atomic mass is 10.0. The molecule has 3 N–H and O–H groups in total. The van der Waals surface area contributed by atoms with Gasteiger partial charge in [-0.25, -0.2) is 0 Å². The van der Waals surface area contributed by atoms with Gasteiger partial charge in [0, 0.05) is 13.1 Å². The molecule has 0 aliphatic heterocycles. The second-order valence-corrected chi connectivity index (χ2v) is 4.05. The van der Waals surface area contributed by atoms with Crippen molar-refractivity contribution in [1.82, 2.24) is 5.32 Å². The molecule has 0 atom stereocenters. The molecule has 104 valence electrons. The molecule has 1 aromatic rings. The Morgan fingerprint density at radius 1 is 1.26 bits per heavy atom. The minimum absolute atomic E-state index is 0.120. The molecule has 19 heavy (non-hydrogen) atoms. The first kappa shape index (κ1) is 15.2. The van der Waals surface area contributed by atoms with Gasteiger partial charge in [-0.3, -0.25) is 9.59 Å². The van der Waals surface area contributed by atoms with Gasteiger partial charge >= 0.3 is 5.97 Å². The summed E-state index contributed by atoms with van der Waals surface area (Å²) >= 11 is 0. The molecule has 0 spiro atoms. The van der Waals surface area contributed by atoms with Crippen LogP contribution in [0, 0.1) is 0 Å². The summed E-state index contributed by atoms with van der Waals surface area (Å²) in [6.45, 7) is 2.81. The van der Waals surface area contributed by atoms with Crippen LogP contribution in [0.15, 0.2) is 24.3 Å². The van der Waals surface area contributed by atoms with Gasteiger partial charge in [0.1, 0.15) is 0 Å². The van der Waals surface area contributed by atoms with Crippen LogP contribution in [0.2, 0.25) is 0 Å². The van der Waals surface area contributed by atoms with Crippen molar-refractivity contribution >= 4 is 11.9 Å². The molecule has 0 aromatic heterocycles. The lowest BCUT2D eigenvalue weighted by Gasteiger charge is -2.08. The van der Waals surface area contributed by atoms with Gasteiger partial charge in [-0.05, 0) is 18.1 Å². The summed E-state index contributed by atoms with van der Waals surface area (Å²) in [6, 6.07) is 7.55. The van der Waals surface area contributed by atoms with E-state index in [1.165, 1.54) is 0 Å². The maximum atomic E-state index is 11.7. The summed E-state index contributed by atoms with van der Waals surface area (Å²) < 4.78 is 4.77. The number of nitrogens with one attached hydrogen (secondary N) is 1. The molecular weight excluding hydrogens is 244 g/mol. The molecule has 0 radical (unpaired) electrons. The summed E-state index contributed by atoms with van der Waals surface area (Å²) in [5.41, 5.74) is 7.48. The predicted molar refractivity (Wildman–Crippen MR) is 72.3 cm³/mol. The third-order valence-corrected chi connectivity index (χ3v) is 2.65. The number of ether oxygens (including phenoxy) is 1. The summed E-state index contributed by atoms with van der Waals surface area (Å²) in [5.74, 6) is -0.421. The number of carbonyl (C=O) groups is 2. The Hall–Kier alpha value is -1.88. The predicted octanol–water partition coefficient (Wildman–Crippen LogP) is 0.757. The first-order valence-corrected chi connectivity index (χ1v) is 6.36. The average Bonchev–Trinajstić information content (AvgIpc) is 2.39. The van der Waals surface area contributed by atoms with Crippen LogP contribution in [0.1, 0.15) is 24.5 Å². The lowest BCUT2D eigenvalue weighted by molar-refractivity contribution is -0.143. The van der Waals surface area contributed by atoms with Crippen LogP contribution in [-0.2, 0) is 27.3 Å². The van der Waals surface area contributed by atoms with E-state index in [0.717, 1.165) is 11.1 Å². The van der Waals surface area contributed by atoms with Gasteiger partial charge < -0.3 is 15.8 Å². The maximum Gasteiger partial charge on any atom is 0.307 e. The van der Waals surface area contributed by atoms with E-state index in [2.05, 4.69) is 5.32 Å². The van der Waals surface area contributed by atoms with Crippen molar-refractivity contribution in [3.63, 3.8) is 0 Å². The Morgan fingerprint density at radius 2 is 1.95 bits per heavy atom. The molecule has 1 aromatic carbocycles. The fourth-order valence-electron chi connectivity index (χ4n) is 1.70. The van der Waals surface area contributed by atoms with E-state index in [4.69, 9.17) is 10.5 Å². The Morgan fingerprint density at radius 3 is 2.58 bits per heavy atom. The largest absolute Gasteiger partial charge is 0.466 e. The Balaban J connectivity index is 2.37. The van der Waals surface area contributed by atoms with Crippen molar-refractivity contribution in [1.29, 1.82) is 0 Å². The van der Waals surface area contributed by atoms with Crippen LogP contribution in [0.5, 0.6) is 0 Å². The smallest absolute Gasteiger partial charge is 0.307 e. The van der Waals surface area contributed by atoms with E-state index >= 15 is 0 Å². The van der Waals surface area contributed by atoms with Crippen LogP contribution in [0.25, 0.3) is 0 Å². The fourth-order valence-corrected chi connectivity index (χ4v) is 1.70. The Kier molecular flexibility index (Phi) is 6.60. The number of hydrogen-bond acceptors (Lipinski definition) is 4. The zero-order valence-electron chi connectivity index (χ0n) is 11.1. The zero-order valence-corrected chi connectivity index (χ0v) is 11.1.